The minimum Gasteiger partial charge on any atom is -0.492 e. The predicted molar refractivity (Wildman–Crippen MR) is 44.0 cm³/mol. The van der Waals surface area contributed by atoms with E-state index in [0.717, 1.165) is 0 Å². The fourth-order valence-corrected chi connectivity index (χ4v) is 1.08. The van der Waals surface area contributed by atoms with Crippen LogP contribution in [-0.2, 0) is 6.18 Å². The Hall–Kier alpha value is -1.92. The Morgan fingerprint density at radius 2 is 1.93 bits per heavy atom. The first-order valence-corrected chi connectivity index (χ1v) is 3.87. The molecule has 0 aliphatic carbocycles. The molecule has 2 rings (SSSR count). The molecule has 0 aliphatic heterocycles. The lowest BCUT2D eigenvalue weighted by Crippen LogP contribution is -2.09. The Morgan fingerprint density at radius 1 is 1.20 bits per heavy atom. The molecule has 0 fully saturated rings. The molecule has 78 valence electrons. The van der Waals surface area contributed by atoms with Crippen molar-refractivity contribution >= 4 is 11.2 Å². The number of hydrogen-bond acceptors (Lipinski definition) is 4. The van der Waals surface area contributed by atoms with Crippen molar-refractivity contribution in [3.63, 3.8) is 0 Å². The van der Waals surface area contributed by atoms with Crippen molar-refractivity contribution < 1.29 is 18.3 Å². The van der Waals surface area contributed by atoms with Gasteiger partial charge in [-0.05, 0) is 12.1 Å². The highest BCUT2D eigenvalue weighted by Gasteiger charge is 2.37. The van der Waals surface area contributed by atoms with E-state index >= 15 is 0 Å². The first-order chi connectivity index (χ1) is 6.98. The van der Waals surface area contributed by atoms with Crippen molar-refractivity contribution in [1.29, 1.82) is 0 Å². The molecule has 2 heterocycles. The van der Waals surface area contributed by atoms with Gasteiger partial charge in [-0.2, -0.15) is 18.2 Å². The number of pyridine rings is 1. The molecule has 0 aliphatic rings. The zero-order chi connectivity index (χ0) is 11.1. The maximum Gasteiger partial charge on any atom is 0.438 e. The second-order valence-corrected chi connectivity index (χ2v) is 2.74. The van der Waals surface area contributed by atoms with E-state index < -0.39 is 17.8 Å². The number of fused-ring (bicyclic) bond motifs is 1. The number of alkyl halides is 3. The van der Waals surface area contributed by atoms with Gasteiger partial charge in [-0.15, -0.1) is 0 Å². The molecular weight excluding hydrogens is 211 g/mol. The number of rotatable bonds is 0. The maximum absolute atomic E-state index is 12.3. The first-order valence-electron chi connectivity index (χ1n) is 3.87. The van der Waals surface area contributed by atoms with Crippen LogP contribution in [0.25, 0.3) is 11.2 Å². The summed E-state index contributed by atoms with van der Waals surface area (Å²) in [4.78, 5) is 10.2. The zero-order valence-electron chi connectivity index (χ0n) is 7.15. The Kier molecular flexibility index (Phi) is 1.95. The molecule has 1 N–H and O–H groups in total. The normalized spacial score (nSPS) is 11.9. The van der Waals surface area contributed by atoms with Gasteiger partial charge in [0, 0.05) is 6.20 Å². The largest absolute Gasteiger partial charge is 0.492 e. The van der Waals surface area contributed by atoms with Crippen LogP contribution in [0.5, 0.6) is 5.88 Å². The van der Waals surface area contributed by atoms with Gasteiger partial charge in [-0.1, -0.05) is 0 Å². The van der Waals surface area contributed by atoms with Crippen LogP contribution in [0.4, 0.5) is 13.2 Å². The molecule has 4 nitrogen and oxygen atoms in total. The molecule has 0 aromatic carbocycles. The van der Waals surface area contributed by atoms with Crippen molar-refractivity contribution in [1.82, 2.24) is 15.0 Å². The molecule has 0 radical (unpaired) electrons. The highest BCUT2D eigenvalue weighted by Crippen LogP contribution is 2.33. The monoisotopic (exact) mass is 215 g/mol. The Bertz CT molecular complexity index is 512. The topological polar surface area (TPSA) is 58.9 Å². The highest BCUT2D eigenvalue weighted by molar-refractivity contribution is 5.70. The Balaban J connectivity index is 2.73. The Labute approximate surface area is 81.4 Å². The van der Waals surface area contributed by atoms with Gasteiger partial charge < -0.3 is 5.11 Å². The smallest absolute Gasteiger partial charge is 0.438 e. The third-order valence-electron chi connectivity index (χ3n) is 1.69. The van der Waals surface area contributed by atoms with Gasteiger partial charge in [0.2, 0.25) is 11.6 Å². The minimum atomic E-state index is -4.72. The molecule has 0 amide bonds. The maximum atomic E-state index is 12.3. The quantitative estimate of drug-likeness (QED) is 0.727. The van der Waals surface area contributed by atoms with Gasteiger partial charge in [0.1, 0.15) is 5.52 Å². The number of aromatic nitrogens is 3. The van der Waals surface area contributed by atoms with Gasteiger partial charge in [-0.3, -0.25) is 0 Å². The van der Waals surface area contributed by atoms with Crippen LogP contribution < -0.4 is 0 Å². The second-order valence-electron chi connectivity index (χ2n) is 2.74. The van der Waals surface area contributed by atoms with Gasteiger partial charge in [0.05, 0.1) is 0 Å². The zero-order valence-corrected chi connectivity index (χ0v) is 7.15. The van der Waals surface area contributed by atoms with Crippen LogP contribution in [-0.4, -0.2) is 20.1 Å². The standard InChI is InChI=1S/C8H4F3N3O/c9-8(10,11)5-7(15)14-6-4(13-5)2-1-3-12-6/h1-3H,(H,12,14,15). The molecule has 0 unspecified atom stereocenters. The highest BCUT2D eigenvalue weighted by atomic mass is 19.4. The summed E-state index contributed by atoms with van der Waals surface area (Å²) in [5.41, 5.74) is -1.44. The SMILES string of the molecule is Oc1nc2ncccc2nc1C(F)(F)F. The third-order valence-corrected chi connectivity index (χ3v) is 1.69. The fourth-order valence-electron chi connectivity index (χ4n) is 1.08. The lowest BCUT2D eigenvalue weighted by atomic mass is 10.3. The molecule has 0 saturated carbocycles. The number of halogens is 3. The van der Waals surface area contributed by atoms with E-state index in [2.05, 4.69) is 15.0 Å². The molecule has 2 aromatic rings. The summed E-state index contributed by atoms with van der Waals surface area (Å²) in [5.74, 6) is -1.16. The van der Waals surface area contributed by atoms with Crippen molar-refractivity contribution in [3.05, 3.63) is 24.0 Å². The van der Waals surface area contributed by atoms with E-state index in [4.69, 9.17) is 5.11 Å². The fraction of sp³-hybridized carbons (Fsp3) is 0.125. The van der Waals surface area contributed by atoms with Crippen LogP contribution >= 0.6 is 0 Å². The summed E-state index contributed by atoms with van der Waals surface area (Å²) < 4.78 is 36.9. The van der Waals surface area contributed by atoms with E-state index in [1.165, 1.54) is 18.3 Å². The molecule has 7 heteroatoms. The van der Waals surface area contributed by atoms with Crippen LogP contribution in [0, 0.1) is 0 Å². The number of aromatic hydroxyl groups is 1. The molecular formula is C8H4F3N3O. The Morgan fingerprint density at radius 3 is 2.60 bits per heavy atom. The third kappa shape index (κ3) is 1.67. The van der Waals surface area contributed by atoms with E-state index in [1.807, 2.05) is 0 Å². The lowest BCUT2D eigenvalue weighted by Gasteiger charge is -2.07. The van der Waals surface area contributed by atoms with Crippen LogP contribution in [0.3, 0.4) is 0 Å². The minimum absolute atomic E-state index is 0.0115. The first kappa shape index (κ1) is 9.63. The molecule has 2 aromatic heterocycles. The van der Waals surface area contributed by atoms with Crippen molar-refractivity contribution in [2.45, 2.75) is 6.18 Å². The summed E-state index contributed by atoms with van der Waals surface area (Å²) in [6.07, 6.45) is -3.37. The van der Waals surface area contributed by atoms with Crippen molar-refractivity contribution in [2.24, 2.45) is 0 Å². The predicted octanol–water partition coefficient (Wildman–Crippen LogP) is 1.75. The van der Waals surface area contributed by atoms with Gasteiger partial charge in [0.25, 0.3) is 0 Å². The van der Waals surface area contributed by atoms with Crippen LogP contribution in [0.1, 0.15) is 5.69 Å². The van der Waals surface area contributed by atoms with Crippen LogP contribution in [0.2, 0.25) is 0 Å². The van der Waals surface area contributed by atoms with Gasteiger partial charge in [-0.25, -0.2) is 9.97 Å². The van der Waals surface area contributed by atoms with Crippen LogP contribution in [0.15, 0.2) is 18.3 Å². The summed E-state index contributed by atoms with van der Waals surface area (Å²) in [6.45, 7) is 0. The lowest BCUT2D eigenvalue weighted by molar-refractivity contribution is -0.142. The van der Waals surface area contributed by atoms with E-state index in [9.17, 15) is 13.2 Å². The van der Waals surface area contributed by atoms with E-state index in [1.54, 1.807) is 0 Å². The van der Waals surface area contributed by atoms with E-state index in [-0.39, 0.29) is 11.2 Å². The molecule has 0 spiro atoms. The molecule has 0 bridgehead atoms. The summed E-state index contributed by atoms with van der Waals surface area (Å²) in [7, 11) is 0. The molecule has 0 saturated heterocycles. The number of hydrogen-bond donors (Lipinski definition) is 1. The summed E-state index contributed by atoms with van der Waals surface area (Å²) in [6, 6.07) is 2.78. The molecule has 0 atom stereocenters. The summed E-state index contributed by atoms with van der Waals surface area (Å²) >= 11 is 0. The molecule has 15 heavy (non-hydrogen) atoms. The van der Waals surface area contributed by atoms with Crippen molar-refractivity contribution in [3.8, 4) is 5.88 Å². The second kappa shape index (κ2) is 3.04. The van der Waals surface area contributed by atoms with Crippen molar-refractivity contribution in [2.75, 3.05) is 0 Å². The number of nitrogens with zero attached hydrogens (tertiary/aromatic N) is 3. The van der Waals surface area contributed by atoms with Gasteiger partial charge in [0.15, 0.2) is 5.65 Å². The average molecular weight is 215 g/mol. The van der Waals surface area contributed by atoms with E-state index in [0.29, 0.717) is 0 Å². The average Bonchev–Trinajstić information content (AvgIpc) is 2.15. The van der Waals surface area contributed by atoms with Gasteiger partial charge >= 0.3 is 6.18 Å². The summed E-state index contributed by atoms with van der Waals surface area (Å²) in [5, 5.41) is 9.01.